The summed E-state index contributed by atoms with van der Waals surface area (Å²) in [5.74, 6) is 0.254. The number of amides is 1. The van der Waals surface area contributed by atoms with Crippen LogP contribution in [-0.2, 0) is 4.79 Å². The lowest BCUT2D eigenvalue weighted by molar-refractivity contribution is -0.131. The zero-order valence-electron chi connectivity index (χ0n) is 15.7. The lowest BCUT2D eigenvalue weighted by Crippen LogP contribution is -2.49. The zero-order valence-corrected chi connectivity index (χ0v) is 16.4. The molecule has 0 unspecified atom stereocenters. The number of hydrogen-bond donors (Lipinski definition) is 1. The number of hydrogen-bond acceptors (Lipinski definition) is 6. The molecule has 1 saturated heterocycles. The molecule has 1 aliphatic rings. The summed E-state index contributed by atoms with van der Waals surface area (Å²) in [4.78, 5) is 28.9. The summed E-state index contributed by atoms with van der Waals surface area (Å²) in [5, 5.41) is 4.01. The predicted molar refractivity (Wildman–Crippen MR) is 111 cm³/mol. The van der Waals surface area contributed by atoms with E-state index in [1.165, 1.54) is 6.20 Å². The van der Waals surface area contributed by atoms with Crippen LogP contribution >= 0.6 is 11.6 Å². The van der Waals surface area contributed by atoms with Gasteiger partial charge in [-0.15, -0.1) is 0 Å². The number of carbonyl (C=O) groups is 1. The minimum Gasteiger partial charge on any atom is -0.382 e. The van der Waals surface area contributed by atoms with Crippen LogP contribution in [0.15, 0.2) is 42.9 Å². The van der Waals surface area contributed by atoms with Crippen molar-refractivity contribution in [3.05, 3.63) is 53.7 Å². The normalized spacial score (nSPS) is 14.3. The second kappa shape index (κ2) is 8.57. The molecule has 7 nitrogen and oxygen atoms in total. The Hall–Kier alpha value is -3.00. The third-order valence-corrected chi connectivity index (χ3v) is 5.25. The monoisotopic (exact) mass is 414 g/mol. The van der Waals surface area contributed by atoms with Crippen LogP contribution in [0.1, 0.15) is 6.42 Å². The van der Waals surface area contributed by atoms with Gasteiger partial charge in [0.25, 0.3) is 0 Å². The number of rotatable bonds is 5. The van der Waals surface area contributed by atoms with Crippen molar-refractivity contribution in [2.45, 2.75) is 6.42 Å². The molecule has 2 aromatic heterocycles. The molecule has 9 heteroatoms. The maximum Gasteiger partial charge on any atom is 0.225 e. The Labute approximate surface area is 172 Å². The number of anilines is 2. The van der Waals surface area contributed by atoms with Gasteiger partial charge < -0.3 is 15.1 Å². The highest BCUT2D eigenvalue weighted by atomic mass is 35.5. The first kappa shape index (κ1) is 19.3. The van der Waals surface area contributed by atoms with Crippen LogP contribution in [-0.4, -0.2) is 58.5 Å². The summed E-state index contributed by atoms with van der Waals surface area (Å²) in [5.41, 5.74) is 0.527. The van der Waals surface area contributed by atoms with Gasteiger partial charge in [-0.1, -0.05) is 11.6 Å². The predicted octanol–water partition coefficient (Wildman–Crippen LogP) is 2.97. The maximum absolute atomic E-state index is 14.6. The number of nitrogens with zero attached hydrogens (tertiary/aromatic N) is 5. The first-order chi connectivity index (χ1) is 14.1. The molecule has 0 bridgehead atoms. The number of benzene rings is 1. The first-order valence-electron chi connectivity index (χ1n) is 9.40. The van der Waals surface area contributed by atoms with Gasteiger partial charge in [0.15, 0.2) is 5.82 Å². The van der Waals surface area contributed by atoms with Crippen molar-refractivity contribution < 1.29 is 9.18 Å². The molecular weight excluding hydrogens is 395 g/mol. The van der Waals surface area contributed by atoms with Crippen molar-refractivity contribution in [1.29, 1.82) is 0 Å². The van der Waals surface area contributed by atoms with E-state index in [2.05, 4.69) is 25.2 Å². The van der Waals surface area contributed by atoms with Crippen LogP contribution in [0, 0.1) is 5.82 Å². The Morgan fingerprint density at radius 1 is 1.07 bits per heavy atom. The van der Waals surface area contributed by atoms with Gasteiger partial charge in [-0.25, -0.2) is 14.4 Å². The van der Waals surface area contributed by atoms with E-state index in [1.54, 1.807) is 36.7 Å². The van der Waals surface area contributed by atoms with Gasteiger partial charge in [0.1, 0.15) is 5.52 Å². The van der Waals surface area contributed by atoms with Crippen LogP contribution in [0.2, 0.25) is 5.02 Å². The standard InChI is InChI=1S/C20H20ClFN6O/c21-15-4-8-24-19-14(15)2-3-16(18(19)22)23-9-5-17(29)27-10-12-28(13-11-27)20-25-6-1-7-26-20/h1-4,6-8,23H,5,9-13H2. The number of carbonyl (C=O) groups excluding carboxylic acids is 1. The van der Waals surface area contributed by atoms with E-state index >= 15 is 0 Å². The Balaban J connectivity index is 1.30. The average molecular weight is 415 g/mol. The zero-order chi connectivity index (χ0) is 20.2. The molecule has 1 aliphatic heterocycles. The number of pyridine rings is 1. The van der Waals surface area contributed by atoms with Crippen molar-refractivity contribution in [3.8, 4) is 0 Å². The summed E-state index contributed by atoms with van der Waals surface area (Å²) in [7, 11) is 0. The molecule has 4 rings (SSSR count). The summed E-state index contributed by atoms with van der Waals surface area (Å²) in [6.07, 6.45) is 5.17. The van der Waals surface area contributed by atoms with Crippen molar-refractivity contribution in [3.63, 3.8) is 0 Å². The van der Waals surface area contributed by atoms with Crippen molar-refractivity contribution in [2.24, 2.45) is 0 Å². The van der Waals surface area contributed by atoms with Gasteiger partial charge in [-0.3, -0.25) is 9.78 Å². The van der Waals surface area contributed by atoms with E-state index in [1.807, 2.05) is 4.90 Å². The van der Waals surface area contributed by atoms with E-state index in [9.17, 15) is 9.18 Å². The van der Waals surface area contributed by atoms with Crippen LogP contribution in [0.5, 0.6) is 0 Å². The summed E-state index contributed by atoms with van der Waals surface area (Å²) >= 11 is 6.07. The summed E-state index contributed by atoms with van der Waals surface area (Å²) in [6, 6.07) is 6.75. The third kappa shape index (κ3) is 4.22. The van der Waals surface area contributed by atoms with Gasteiger partial charge in [0, 0.05) is 63.1 Å². The molecule has 1 N–H and O–H groups in total. The molecule has 1 fully saturated rings. The van der Waals surface area contributed by atoms with Gasteiger partial charge in [0.2, 0.25) is 11.9 Å². The van der Waals surface area contributed by atoms with Crippen molar-refractivity contribution in [1.82, 2.24) is 19.9 Å². The lowest BCUT2D eigenvalue weighted by Gasteiger charge is -2.34. The molecule has 150 valence electrons. The highest BCUT2D eigenvalue weighted by Gasteiger charge is 2.22. The van der Waals surface area contributed by atoms with Crippen LogP contribution in [0.4, 0.5) is 16.0 Å². The second-order valence-electron chi connectivity index (χ2n) is 6.71. The van der Waals surface area contributed by atoms with Gasteiger partial charge >= 0.3 is 0 Å². The second-order valence-corrected chi connectivity index (χ2v) is 7.12. The number of nitrogens with one attached hydrogen (secondary N) is 1. The van der Waals surface area contributed by atoms with Gasteiger partial charge in [0.05, 0.1) is 10.7 Å². The Morgan fingerprint density at radius 2 is 1.83 bits per heavy atom. The number of fused-ring (bicyclic) bond motifs is 1. The Kier molecular flexibility index (Phi) is 5.71. The van der Waals surface area contributed by atoms with E-state index in [-0.39, 0.29) is 17.8 Å². The molecule has 0 atom stereocenters. The van der Waals surface area contributed by atoms with Crippen molar-refractivity contribution in [2.75, 3.05) is 42.9 Å². The van der Waals surface area contributed by atoms with E-state index < -0.39 is 5.82 Å². The highest BCUT2D eigenvalue weighted by molar-refractivity contribution is 6.35. The minimum absolute atomic E-state index is 0.0356. The smallest absolute Gasteiger partial charge is 0.225 e. The fraction of sp³-hybridized carbons (Fsp3) is 0.300. The average Bonchev–Trinajstić information content (AvgIpc) is 2.76. The third-order valence-electron chi connectivity index (χ3n) is 4.92. The number of piperazine rings is 1. The molecule has 0 saturated carbocycles. The van der Waals surface area contributed by atoms with Gasteiger partial charge in [-0.05, 0) is 24.3 Å². The minimum atomic E-state index is -0.464. The molecule has 1 aromatic carbocycles. The maximum atomic E-state index is 14.6. The van der Waals surface area contributed by atoms with Gasteiger partial charge in [-0.2, -0.15) is 0 Å². The highest BCUT2D eigenvalue weighted by Crippen LogP contribution is 2.27. The Morgan fingerprint density at radius 3 is 2.59 bits per heavy atom. The largest absolute Gasteiger partial charge is 0.382 e. The fourth-order valence-electron chi connectivity index (χ4n) is 3.36. The quantitative estimate of drug-likeness (QED) is 0.692. The van der Waals surface area contributed by atoms with E-state index in [4.69, 9.17) is 11.6 Å². The molecule has 3 aromatic rings. The topological polar surface area (TPSA) is 74.2 Å². The molecular formula is C20H20ClFN6O. The molecule has 0 spiro atoms. The molecule has 3 heterocycles. The molecule has 1 amide bonds. The Bertz CT molecular complexity index is 1010. The SMILES string of the molecule is O=C(CCNc1ccc2c(Cl)ccnc2c1F)N1CCN(c2ncccn2)CC1. The first-order valence-corrected chi connectivity index (χ1v) is 9.77. The molecule has 29 heavy (non-hydrogen) atoms. The van der Waals surface area contributed by atoms with Crippen LogP contribution < -0.4 is 10.2 Å². The summed E-state index contributed by atoms with van der Waals surface area (Å²) in [6.45, 7) is 2.95. The number of halogens is 2. The van der Waals surface area contributed by atoms with Crippen molar-refractivity contribution >= 4 is 40.0 Å². The van der Waals surface area contributed by atoms with E-state index in [0.717, 1.165) is 0 Å². The molecule has 0 radical (unpaired) electrons. The van der Waals surface area contributed by atoms with Crippen LogP contribution in [0.3, 0.4) is 0 Å². The van der Waals surface area contributed by atoms with E-state index in [0.29, 0.717) is 54.8 Å². The van der Waals surface area contributed by atoms with Crippen LogP contribution in [0.25, 0.3) is 10.9 Å². The molecule has 0 aliphatic carbocycles. The number of aromatic nitrogens is 3. The lowest BCUT2D eigenvalue weighted by atomic mass is 10.2. The summed E-state index contributed by atoms with van der Waals surface area (Å²) < 4.78 is 14.6. The fourth-order valence-corrected chi connectivity index (χ4v) is 3.57.